The molecule has 1 fully saturated rings. The van der Waals surface area contributed by atoms with E-state index in [-0.39, 0.29) is 11.6 Å². The van der Waals surface area contributed by atoms with Crippen LogP contribution in [0.4, 0.5) is 0 Å². The molecule has 0 radical (unpaired) electrons. The maximum Gasteiger partial charge on any atom is 0.0794 e. The molecule has 3 nitrogen and oxygen atoms in total. The average molecular weight is 268 g/mol. The smallest absolute Gasteiger partial charge is 0.0794 e. The lowest BCUT2D eigenvalue weighted by molar-refractivity contribution is -0.0325. The molecule has 18 heavy (non-hydrogen) atoms. The van der Waals surface area contributed by atoms with Crippen LogP contribution in [0.1, 0.15) is 44.4 Å². The highest BCUT2D eigenvalue weighted by molar-refractivity contribution is 7.09. The van der Waals surface area contributed by atoms with Crippen molar-refractivity contribution < 1.29 is 5.11 Å². The second-order valence-electron chi connectivity index (χ2n) is 5.45. The lowest BCUT2D eigenvalue weighted by Crippen LogP contribution is -2.56. The van der Waals surface area contributed by atoms with E-state index in [9.17, 15) is 5.11 Å². The van der Waals surface area contributed by atoms with Gasteiger partial charge in [0.15, 0.2) is 0 Å². The molecule has 0 spiro atoms. The Morgan fingerprint density at radius 2 is 2.17 bits per heavy atom. The Kier molecular flexibility index (Phi) is 4.76. The molecule has 1 aliphatic heterocycles. The van der Waals surface area contributed by atoms with Crippen LogP contribution in [0, 0.1) is 0 Å². The zero-order chi connectivity index (χ0) is 13.0. The van der Waals surface area contributed by atoms with Crippen LogP contribution in [0.15, 0.2) is 11.7 Å². The summed E-state index contributed by atoms with van der Waals surface area (Å²) in [5, 5.41) is 10.6. The van der Waals surface area contributed by atoms with E-state index in [1.807, 2.05) is 11.7 Å². The van der Waals surface area contributed by atoms with Gasteiger partial charge in [0.05, 0.1) is 11.6 Å². The van der Waals surface area contributed by atoms with E-state index in [0.717, 1.165) is 25.9 Å². The monoisotopic (exact) mass is 268 g/mol. The Labute approximate surface area is 114 Å². The van der Waals surface area contributed by atoms with E-state index in [2.05, 4.69) is 23.7 Å². The van der Waals surface area contributed by atoms with Gasteiger partial charge >= 0.3 is 0 Å². The highest BCUT2D eigenvalue weighted by Crippen LogP contribution is 2.29. The third-order valence-electron chi connectivity index (χ3n) is 4.39. The molecule has 1 saturated heterocycles. The predicted molar refractivity (Wildman–Crippen MR) is 75.9 cm³/mol. The van der Waals surface area contributed by atoms with Crippen LogP contribution in [0.5, 0.6) is 0 Å². The molecule has 0 aromatic carbocycles. The van der Waals surface area contributed by atoms with Gasteiger partial charge in [0.1, 0.15) is 0 Å². The van der Waals surface area contributed by atoms with Gasteiger partial charge < -0.3 is 5.11 Å². The van der Waals surface area contributed by atoms with Crippen molar-refractivity contribution in [3.63, 3.8) is 0 Å². The molecule has 0 aliphatic carbocycles. The molecule has 2 atom stereocenters. The van der Waals surface area contributed by atoms with Crippen LogP contribution in [-0.4, -0.2) is 39.7 Å². The van der Waals surface area contributed by atoms with Gasteiger partial charge in [-0.1, -0.05) is 13.3 Å². The molecule has 0 bridgehead atoms. The normalized spacial score (nSPS) is 22.6. The summed E-state index contributed by atoms with van der Waals surface area (Å²) in [4.78, 5) is 7.76. The zero-order valence-electron chi connectivity index (χ0n) is 11.4. The van der Waals surface area contributed by atoms with E-state index < -0.39 is 0 Å². The molecule has 1 aromatic heterocycles. The van der Waals surface area contributed by atoms with Crippen molar-refractivity contribution in [1.82, 2.24) is 9.88 Å². The van der Waals surface area contributed by atoms with Gasteiger partial charge in [0.2, 0.25) is 0 Å². The van der Waals surface area contributed by atoms with Gasteiger partial charge in [0, 0.05) is 23.0 Å². The Morgan fingerprint density at radius 1 is 1.44 bits per heavy atom. The largest absolute Gasteiger partial charge is 0.391 e. The van der Waals surface area contributed by atoms with Gasteiger partial charge in [-0.3, -0.25) is 9.88 Å². The summed E-state index contributed by atoms with van der Waals surface area (Å²) in [6, 6.07) is 0. The lowest BCUT2D eigenvalue weighted by Gasteiger charge is -2.46. The van der Waals surface area contributed by atoms with Crippen LogP contribution < -0.4 is 0 Å². The first-order valence-corrected chi connectivity index (χ1v) is 7.85. The number of rotatable bonds is 5. The number of aromatic nitrogens is 1. The van der Waals surface area contributed by atoms with Crippen LogP contribution >= 0.6 is 11.3 Å². The number of thiazole rings is 1. The molecule has 1 N–H and O–H groups in total. The number of nitrogens with zero attached hydrogens (tertiary/aromatic N) is 2. The fraction of sp³-hybridized carbons (Fsp3) is 0.786. The molecule has 0 saturated carbocycles. The van der Waals surface area contributed by atoms with E-state index in [4.69, 9.17) is 0 Å². The Balaban J connectivity index is 2.04. The number of aliphatic hydroxyl groups excluding tert-OH is 1. The highest BCUT2D eigenvalue weighted by atomic mass is 32.1. The van der Waals surface area contributed by atoms with Crippen LogP contribution in [-0.2, 0) is 6.42 Å². The molecular weight excluding hydrogens is 244 g/mol. The van der Waals surface area contributed by atoms with E-state index in [1.54, 1.807) is 11.3 Å². The lowest BCUT2D eigenvalue weighted by atomic mass is 9.85. The maximum absolute atomic E-state index is 10.6. The first kappa shape index (κ1) is 14.0. The second kappa shape index (κ2) is 6.13. The molecular formula is C14H24N2OS. The Morgan fingerprint density at radius 3 is 2.72 bits per heavy atom. The number of piperidine rings is 1. The minimum atomic E-state index is -0.305. The van der Waals surface area contributed by atoms with Crippen molar-refractivity contribution in [3.05, 3.63) is 16.6 Å². The highest BCUT2D eigenvalue weighted by Gasteiger charge is 2.37. The number of hydrogen-bond acceptors (Lipinski definition) is 4. The van der Waals surface area contributed by atoms with Gasteiger partial charge in [-0.15, -0.1) is 11.3 Å². The van der Waals surface area contributed by atoms with Crippen molar-refractivity contribution >= 4 is 11.3 Å². The molecule has 2 unspecified atom stereocenters. The van der Waals surface area contributed by atoms with Crippen LogP contribution in [0.3, 0.4) is 0 Å². The first-order valence-electron chi connectivity index (χ1n) is 6.97. The zero-order valence-corrected chi connectivity index (χ0v) is 12.2. The standard InChI is InChI=1S/C14H24N2OS/c1-3-14(2,16-7-5-4-6-8-16)13(17)9-12-10-15-11-18-12/h10-11,13,17H,3-9H2,1-2H3. The summed E-state index contributed by atoms with van der Waals surface area (Å²) in [7, 11) is 0. The van der Waals surface area contributed by atoms with Gasteiger partial charge in [0.25, 0.3) is 0 Å². The number of likely N-dealkylation sites (tertiary alicyclic amines) is 1. The topological polar surface area (TPSA) is 36.4 Å². The molecule has 1 aromatic rings. The minimum Gasteiger partial charge on any atom is -0.391 e. The first-order chi connectivity index (χ1) is 8.66. The fourth-order valence-corrected chi connectivity index (χ4v) is 3.46. The maximum atomic E-state index is 10.6. The van der Waals surface area contributed by atoms with Crippen molar-refractivity contribution in [2.75, 3.05) is 13.1 Å². The van der Waals surface area contributed by atoms with Crippen molar-refractivity contribution in [2.24, 2.45) is 0 Å². The Bertz CT molecular complexity index is 349. The van der Waals surface area contributed by atoms with E-state index in [1.165, 1.54) is 24.1 Å². The molecule has 0 amide bonds. The summed E-state index contributed by atoms with van der Waals surface area (Å²) < 4.78 is 0. The summed E-state index contributed by atoms with van der Waals surface area (Å²) in [6.45, 7) is 6.66. The van der Waals surface area contributed by atoms with Gasteiger partial charge in [-0.05, 0) is 39.3 Å². The van der Waals surface area contributed by atoms with Crippen molar-refractivity contribution in [2.45, 2.75) is 57.6 Å². The van der Waals surface area contributed by atoms with Crippen LogP contribution in [0.25, 0.3) is 0 Å². The number of hydrogen-bond donors (Lipinski definition) is 1. The molecule has 1 aliphatic rings. The third-order valence-corrected chi connectivity index (χ3v) is 5.19. The molecule has 2 rings (SSSR count). The van der Waals surface area contributed by atoms with E-state index >= 15 is 0 Å². The van der Waals surface area contributed by atoms with Crippen molar-refractivity contribution in [1.29, 1.82) is 0 Å². The molecule has 2 heterocycles. The summed E-state index contributed by atoms with van der Waals surface area (Å²) in [5.41, 5.74) is 1.75. The summed E-state index contributed by atoms with van der Waals surface area (Å²) in [5.74, 6) is 0. The van der Waals surface area contributed by atoms with Gasteiger partial charge in [-0.2, -0.15) is 0 Å². The minimum absolute atomic E-state index is 0.0928. The Hall–Kier alpha value is -0.450. The second-order valence-corrected chi connectivity index (χ2v) is 6.42. The molecule has 4 heteroatoms. The van der Waals surface area contributed by atoms with Crippen LogP contribution in [0.2, 0.25) is 0 Å². The van der Waals surface area contributed by atoms with Crippen molar-refractivity contribution in [3.8, 4) is 0 Å². The summed E-state index contributed by atoms with van der Waals surface area (Å²) >= 11 is 1.63. The quantitative estimate of drug-likeness (QED) is 0.892. The average Bonchev–Trinajstić information content (AvgIpc) is 2.91. The van der Waals surface area contributed by atoms with E-state index in [0.29, 0.717) is 0 Å². The fourth-order valence-electron chi connectivity index (χ4n) is 2.83. The van der Waals surface area contributed by atoms with Gasteiger partial charge in [-0.25, -0.2) is 0 Å². The summed E-state index contributed by atoms with van der Waals surface area (Å²) in [6.07, 6.45) is 7.16. The molecule has 102 valence electrons. The predicted octanol–water partition coefficient (Wildman–Crippen LogP) is 2.70. The SMILES string of the molecule is CCC(C)(C(O)Cc1cncs1)N1CCCCC1. The third kappa shape index (κ3) is 2.92. The number of aliphatic hydroxyl groups is 1.